The molecular formula is C11H23N. The molecule has 0 bridgehead atoms. The second-order valence-electron chi connectivity index (χ2n) is 4.60. The zero-order valence-corrected chi connectivity index (χ0v) is 9.06. The Labute approximate surface area is 77.1 Å². The molecule has 0 aliphatic carbocycles. The fraction of sp³-hybridized carbons (Fsp3) is 1.00. The second kappa shape index (κ2) is 3.78. The molecule has 1 fully saturated rings. The van der Waals surface area contributed by atoms with Crippen LogP contribution < -0.4 is 0 Å². The van der Waals surface area contributed by atoms with Crippen LogP contribution in [0.4, 0.5) is 0 Å². The maximum Gasteiger partial charge on any atom is 0.0204 e. The molecule has 72 valence electrons. The molecule has 0 saturated carbocycles. The van der Waals surface area contributed by atoms with Crippen molar-refractivity contribution >= 4 is 0 Å². The highest BCUT2D eigenvalue weighted by Gasteiger charge is 2.38. The fourth-order valence-corrected chi connectivity index (χ4v) is 2.33. The van der Waals surface area contributed by atoms with Gasteiger partial charge in [0.25, 0.3) is 0 Å². The minimum Gasteiger partial charge on any atom is -0.298 e. The van der Waals surface area contributed by atoms with Crippen LogP contribution in [0.1, 0.15) is 47.0 Å². The number of likely N-dealkylation sites (tertiary alicyclic amines) is 1. The van der Waals surface area contributed by atoms with Crippen molar-refractivity contribution in [1.29, 1.82) is 0 Å². The summed E-state index contributed by atoms with van der Waals surface area (Å²) in [6.45, 7) is 12.0. The Morgan fingerprint density at radius 2 is 2.08 bits per heavy atom. The third kappa shape index (κ3) is 1.66. The van der Waals surface area contributed by atoms with Crippen LogP contribution in [0.2, 0.25) is 0 Å². The van der Waals surface area contributed by atoms with E-state index in [9.17, 15) is 0 Å². The first-order chi connectivity index (χ1) is 5.61. The van der Waals surface area contributed by atoms with Crippen LogP contribution in [-0.2, 0) is 0 Å². The summed E-state index contributed by atoms with van der Waals surface area (Å²) in [5.74, 6) is 0.798. The lowest BCUT2D eigenvalue weighted by Gasteiger charge is -2.38. The van der Waals surface area contributed by atoms with Crippen molar-refractivity contribution in [3.05, 3.63) is 0 Å². The first kappa shape index (κ1) is 10.0. The van der Waals surface area contributed by atoms with Gasteiger partial charge < -0.3 is 0 Å². The highest BCUT2D eigenvalue weighted by atomic mass is 15.2. The van der Waals surface area contributed by atoms with Gasteiger partial charge in [0.1, 0.15) is 0 Å². The van der Waals surface area contributed by atoms with Crippen LogP contribution in [0.5, 0.6) is 0 Å². The summed E-state index contributed by atoms with van der Waals surface area (Å²) in [5, 5.41) is 0. The van der Waals surface area contributed by atoms with E-state index in [0.717, 1.165) is 5.92 Å². The Balaban J connectivity index is 2.61. The minimum atomic E-state index is 0.496. The summed E-state index contributed by atoms with van der Waals surface area (Å²) in [4.78, 5) is 2.68. The molecule has 0 amide bonds. The highest BCUT2D eigenvalue weighted by Crippen LogP contribution is 2.35. The average molecular weight is 169 g/mol. The Morgan fingerprint density at radius 3 is 2.58 bits per heavy atom. The lowest BCUT2D eigenvalue weighted by Crippen LogP contribution is -2.45. The van der Waals surface area contributed by atoms with E-state index in [4.69, 9.17) is 0 Å². The van der Waals surface area contributed by atoms with Gasteiger partial charge in [-0.05, 0) is 45.2 Å². The topological polar surface area (TPSA) is 3.24 Å². The van der Waals surface area contributed by atoms with Crippen molar-refractivity contribution in [2.24, 2.45) is 5.92 Å². The van der Waals surface area contributed by atoms with Crippen molar-refractivity contribution < 1.29 is 0 Å². The van der Waals surface area contributed by atoms with Gasteiger partial charge in [0.05, 0.1) is 0 Å². The molecule has 0 aromatic rings. The van der Waals surface area contributed by atoms with Crippen LogP contribution in [0, 0.1) is 5.92 Å². The molecule has 12 heavy (non-hydrogen) atoms. The first-order valence-corrected chi connectivity index (χ1v) is 5.36. The van der Waals surface area contributed by atoms with Crippen molar-refractivity contribution in [2.45, 2.75) is 52.5 Å². The van der Waals surface area contributed by atoms with E-state index in [2.05, 4.69) is 32.6 Å². The van der Waals surface area contributed by atoms with E-state index in [1.807, 2.05) is 0 Å². The van der Waals surface area contributed by atoms with E-state index in [0.29, 0.717) is 5.54 Å². The molecular weight excluding hydrogens is 146 g/mol. The van der Waals surface area contributed by atoms with Crippen molar-refractivity contribution in [3.8, 4) is 0 Å². The Morgan fingerprint density at radius 1 is 1.42 bits per heavy atom. The third-order valence-corrected chi connectivity index (χ3v) is 3.57. The van der Waals surface area contributed by atoms with Crippen LogP contribution in [0.3, 0.4) is 0 Å². The van der Waals surface area contributed by atoms with E-state index in [1.54, 1.807) is 0 Å². The summed E-state index contributed by atoms with van der Waals surface area (Å²) >= 11 is 0. The van der Waals surface area contributed by atoms with Gasteiger partial charge in [0, 0.05) is 5.54 Å². The van der Waals surface area contributed by atoms with Crippen LogP contribution in [0.25, 0.3) is 0 Å². The predicted octanol–water partition coefficient (Wildman–Crippen LogP) is 2.91. The largest absolute Gasteiger partial charge is 0.298 e. The molecule has 1 heterocycles. The molecule has 0 spiro atoms. The summed E-state index contributed by atoms with van der Waals surface area (Å²) in [6.07, 6.45) is 4.08. The number of hydrogen-bond acceptors (Lipinski definition) is 1. The monoisotopic (exact) mass is 169 g/mol. The summed E-state index contributed by atoms with van der Waals surface area (Å²) in [5.41, 5.74) is 0.496. The quantitative estimate of drug-likeness (QED) is 0.628. The predicted molar refractivity (Wildman–Crippen MR) is 54.3 cm³/mol. The van der Waals surface area contributed by atoms with Gasteiger partial charge in [-0.25, -0.2) is 0 Å². The van der Waals surface area contributed by atoms with E-state index < -0.39 is 0 Å². The summed E-state index contributed by atoms with van der Waals surface area (Å²) < 4.78 is 0. The summed E-state index contributed by atoms with van der Waals surface area (Å²) in [7, 11) is 0. The molecule has 1 aliphatic rings. The lowest BCUT2D eigenvalue weighted by atomic mass is 9.86. The lowest BCUT2D eigenvalue weighted by molar-refractivity contribution is 0.106. The normalized spacial score (nSPS) is 31.8. The van der Waals surface area contributed by atoms with Crippen molar-refractivity contribution in [3.63, 3.8) is 0 Å². The maximum absolute atomic E-state index is 2.68. The SMILES string of the molecule is CCCN1CCCC1(C)C(C)C. The first-order valence-electron chi connectivity index (χ1n) is 5.36. The minimum absolute atomic E-state index is 0.496. The van der Waals surface area contributed by atoms with Crippen molar-refractivity contribution in [1.82, 2.24) is 4.90 Å². The van der Waals surface area contributed by atoms with Crippen LogP contribution >= 0.6 is 0 Å². The van der Waals surface area contributed by atoms with E-state index in [-0.39, 0.29) is 0 Å². The zero-order valence-electron chi connectivity index (χ0n) is 9.06. The van der Waals surface area contributed by atoms with Gasteiger partial charge in [0.15, 0.2) is 0 Å². The van der Waals surface area contributed by atoms with Crippen molar-refractivity contribution in [2.75, 3.05) is 13.1 Å². The standard InChI is InChI=1S/C11H23N/c1-5-8-12-9-6-7-11(12,4)10(2)3/h10H,5-9H2,1-4H3. The Hall–Kier alpha value is -0.0400. The summed E-state index contributed by atoms with van der Waals surface area (Å²) in [6, 6.07) is 0. The maximum atomic E-state index is 2.68. The highest BCUT2D eigenvalue weighted by molar-refractivity contribution is 4.93. The molecule has 1 rings (SSSR count). The molecule has 0 radical (unpaired) electrons. The van der Waals surface area contributed by atoms with Gasteiger partial charge in [0.2, 0.25) is 0 Å². The second-order valence-corrected chi connectivity index (χ2v) is 4.60. The Kier molecular flexibility index (Phi) is 3.16. The molecule has 0 aromatic heterocycles. The van der Waals surface area contributed by atoms with Crippen LogP contribution in [0.15, 0.2) is 0 Å². The average Bonchev–Trinajstić information content (AvgIpc) is 2.35. The third-order valence-electron chi connectivity index (χ3n) is 3.57. The number of hydrogen-bond donors (Lipinski definition) is 0. The molecule has 0 N–H and O–H groups in total. The Bertz CT molecular complexity index is 142. The fourth-order valence-electron chi connectivity index (χ4n) is 2.33. The van der Waals surface area contributed by atoms with Gasteiger partial charge >= 0.3 is 0 Å². The number of rotatable bonds is 3. The van der Waals surface area contributed by atoms with Crippen LogP contribution in [-0.4, -0.2) is 23.5 Å². The molecule has 1 saturated heterocycles. The van der Waals surface area contributed by atoms with Gasteiger partial charge in [-0.15, -0.1) is 0 Å². The number of nitrogens with zero attached hydrogens (tertiary/aromatic N) is 1. The molecule has 1 nitrogen and oxygen atoms in total. The molecule has 1 unspecified atom stereocenters. The smallest absolute Gasteiger partial charge is 0.0204 e. The van der Waals surface area contributed by atoms with Gasteiger partial charge in [-0.3, -0.25) is 4.90 Å². The van der Waals surface area contributed by atoms with Gasteiger partial charge in [-0.1, -0.05) is 20.8 Å². The molecule has 1 atom stereocenters. The van der Waals surface area contributed by atoms with Gasteiger partial charge in [-0.2, -0.15) is 0 Å². The molecule has 0 aromatic carbocycles. The zero-order chi connectivity index (χ0) is 9.19. The molecule has 1 aliphatic heterocycles. The van der Waals surface area contributed by atoms with E-state index >= 15 is 0 Å². The van der Waals surface area contributed by atoms with E-state index in [1.165, 1.54) is 32.4 Å². The molecule has 1 heteroatoms.